The van der Waals surface area contributed by atoms with Gasteiger partial charge in [0.1, 0.15) is 0 Å². The van der Waals surface area contributed by atoms with Crippen LogP contribution >= 0.6 is 0 Å². The summed E-state index contributed by atoms with van der Waals surface area (Å²) < 4.78 is 66.3. The lowest BCUT2D eigenvalue weighted by atomic mass is 10.2. The van der Waals surface area contributed by atoms with Crippen LogP contribution in [-0.4, -0.2) is 24.3 Å². The van der Waals surface area contributed by atoms with E-state index in [1.807, 2.05) is 0 Å². The number of hydrogen-bond donors (Lipinski definition) is 3. The molecule has 0 radical (unpaired) electrons. The van der Waals surface area contributed by atoms with Gasteiger partial charge in [0, 0.05) is 11.4 Å². The normalized spacial score (nSPS) is 11.7. The van der Waals surface area contributed by atoms with Crippen LogP contribution in [0.15, 0.2) is 59.5 Å². The Kier molecular flexibility index (Phi) is 6.35. The smallest absolute Gasteiger partial charge is 0.279 e. The van der Waals surface area contributed by atoms with Gasteiger partial charge >= 0.3 is 6.18 Å². The Morgan fingerprint density at radius 2 is 1.59 bits per heavy atom. The van der Waals surface area contributed by atoms with E-state index in [-0.39, 0.29) is 17.2 Å². The van der Waals surface area contributed by atoms with Crippen molar-refractivity contribution in [3.63, 3.8) is 0 Å². The second-order valence-corrected chi connectivity index (χ2v) is 8.41. The first-order chi connectivity index (χ1) is 15.0. The zero-order valence-electron chi connectivity index (χ0n) is 16.9. The minimum absolute atomic E-state index is 0.0695. The summed E-state index contributed by atoms with van der Waals surface area (Å²) in [5.74, 6) is -0.576. The summed E-state index contributed by atoms with van der Waals surface area (Å²) in [7, 11) is -4.41. The molecule has 1 heterocycles. The molecule has 3 N–H and O–H groups in total. The van der Waals surface area contributed by atoms with Crippen LogP contribution in [0.25, 0.3) is 0 Å². The first-order valence-corrected chi connectivity index (χ1v) is 10.6. The number of alkyl halides is 3. The SMILES string of the molecule is Cc1cc(C)nc(NNC(=O)c2ccccc2NS(=O)(=O)c2cccc(C(F)(F)F)c2)n1. The van der Waals surface area contributed by atoms with E-state index in [2.05, 4.69) is 25.5 Å². The van der Waals surface area contributed by atoms with Gasteiger partial charge < -0.3 is 0 Å². The second kappa shape index (κ2) is 8.83. The summed E-state index contributed by atoms with van der Waals surface area (Å²) in [6.45, 7) is 3.50. The average Bonchev–Trinajstić information content (AvgIpc) is 2.71. The van der Waals surface area contributed by atoms with E-state index in [9.17, 15) is 26.4 Å². The number of nitrogens with one attached hydrogen (secondary N) is 3. The molecule has 0 aliphatic rings. The van der Waals surface area contributed by atoms with Crippen LogP contribution in [0.2, 0.25) is 0 Å². The fourth-order valence-electron chi connectivity index (χ4n) is 2.78. The van der Waals surface area contributed by atoms with Crippen molar-refractivity contribution < 1.29 is 26.4 Å². The molecule has 1 aromatic heterocycles. The standard InChI is InChI=1S/C20H18F3N5O3S/c1-12-10-13(2)25-19(24-12)27-26-18(29)16-8-3-4-9-17(16)28-32(30,31)15-7-5-6-14(11-15)20(21,22)23/h3-11,28H,1-2H3,(H,26,29)(H,24,25,27). The van der Waals surface area contributed by atoms with Gasteiger partial charge in [-0.1, -0.05) is 18.2 Å². The van der Waals surface area contributed by atoms with E-state index in [0.29, 0.717) is 17.5 Å². The van der Waals surface area contributed by atoms with Crippen LogP contribution in [0.1, 0.15) is 27.3 Å². The van der Waals surface area contributed by atoms with Gasteiger partial charge in [-0.15, -0.1) is 0 Å². The lowest BCUT2D eigenvalue weighted by Gasteiger charge is -2.14. The Balaban J connectivity index is 1.82. The van der Waals surface area contributed by atoms with Gasteiger partial charge in [-0.25, -0.2) is 18.4 Å². The summed E-state index contributed by atoms with van der Waals surface area (Å²) in [5, 5.41) is 0. The van der Waals surface area contributed by atoms with Crippen LogP contribution in [0.4, 0.5) is 24.8 Å². The molecule has 0 bridgehead atoms. The van der Waals surface area contributed by atoms with Crippen molar-refractivity contribution >= 4 is 27.6 Å². The third kappa shape index (κ3) is 5.52. The average molecular weight is 465 g/mol. The lowest BCUT2D eigenvalue weighted by Crippen LogP contribution is -2.31. The summed E-state index contributed by atoms with van der Waals surface area (Å²) in [5.41, 5.74) is 4.96. The molecule has 3 aromatic rings. The highest BCUT2D eigenvalue weighted by Crippen LogP contribution is 2.31. The molecule has 0 fully saturated rings. The topological polar surface area (TPSA) is 113 Å². The van der Waals surface area contributed by atoms with E-state index >= 15 is 0 Å². The number of halogens is 3. The molecule has 8 nitrogen and oxygen atoms in total. The molecule has 0 saturated heterocycles. The Morgan fingerprint density at radius 1 is 0.938 bits per heavy atom. The van der Waals surface area contributed by atoms with Crippen LogP contribution in [0.3, 0.4) is 0 Å². The molecule has 0 atom stereocenters. The van der Waals surface area contributed by atoms with E-state index in [1.54, 1.807) is 19.9 Å². The fraction of sp³-hybridized carbons (Fsp3) is 0.150. The van der Waals surface area contributed by atoms with Crippen molar-refractivity contribution in [3.8, 4) is 0 Å². The van der Waals surface area contributed by atoms with Crippen LogP contribution in [0.5, 0.6) is 0 Å². The lowest BCUT2D eigenvalue weighted by molar-refractivity contribution is -0.137. The highest BCUT2D eigenvalue weighted by molar-refractivity contribution is 7.92. The van der Waals surface area contributed by atoms with Crippen molar-refractivity contribution in [2.24, 2.45) is 0 Å². The first-order valence-electron chi connectivity index (χ1n) is 9.13. The Bertz CT molecular complexity index is 1240. The Labute approximate surface area is 181 Å². The van der Waals surface area contributed by atoms with Crippen LogP contribution in [0, 0.1) is 13.8 Å². The predicted octanol–water partition coefficient (Wildman–Crippen LogP) is 3.67. The summed E-state index contributed by atoms with van der Waals surface area (Å²) >= 11 is 0. The van der Waals surface area contributed by atoms with Crippen molar-refractivity contribution in [2.45, 2.75) is 24.9 Å². The van der Waals surface area contributed by atoms with Gasteiger partial charge in [-0.2, -0.15) is 13.2 Å². The number of aryl methyl sites for hydroxylation is 2. The third-order valence-corrected chi connectivity index (χ3v) is 5.52. The zero-order chi connectivity index (χ0) is 23.5. The van der Waals surface area contributed by atoms with Crippen molar-refractivity contribution in [2.75, 3.05) is 10.1 Å². The molecule has 3 rings (SSSR count). The molecule has 0 aliphatic heterocycles. The second-order valence-electron chi connectivity index (χ2n) is 6.73. The van der Waals surface area contributed by atoms with Crippen molar-refractivity contribution in [3.05, 3.63) is 77.1 Å². The van der Waals surface area contributed by atoms with Gasteiger partial charge in [0.25, 0.3) is 15.9 Å². The van der Waals surface area contributed by atoms with Crippen molar-refractivity contribution in [1.82, 2.24) is 15.4 Å². The number of anilines is 2. The van der Waals surface area contributed by atoms with Crippen molar-refractivity contribution in [1.29, 1.82) is 0 Å². The van der Waals surface area contributed by atoms with E-state index in [4.69, 9.17) is 0 Å². The van der Waals surface area contributed by atoms with Gasteiger partial charge in [-0.3, -0.25) is 20.4 Å². The maximum atomic E-state index is 12.9. The molecule has 0 aliphatic carbocycles. The van der Waals surface area contributed by atoms with Crippen LogP contribution in [-0.2, 0) is 16.2 Å². The zero-order valence-corrected chi connectivity index (χ0v) is 17.7. The molecule has 12 heteroatoms. The fourth-order valence-corrected chi connectivity index (χ4v) is 3.90. The number of rotatable bonds is 6. The molecule has 168 valence electrons. The van der Waals surface area contributed by atoms with Crippen LogP contribution < -0.4 is 15.6 Å². The van der Waals surface area contributed by atoms with Gasteiger partial charge in [0.05, 0.1) is 21.7 Å². The number of amides is 1. The Morgan fingerprint density at radius 3 is 2.25 bits per heavy atom. The molecular formula is C20H18F3N5O3S. The number of hydrazine groups is 1. The molecular weight excluding hydrogens is 447 g/mol. The van der Waals surface area contributed by atoms with E-state index in [0.717, 1.165) is 18.2 Å². The molecule has 1 amide bonds. The van der Waals surface area contributed by atoms with Gasteiger partial charge in [-0.05, 0) is 50.2 Å². The number of carbonyl (C=O) groups is 1. The highest BCUT2D eigenvalue weighted by atomic mass is 32.2. The summed E-state index contributed by atoms with van der Waals surface area (Å²) in [6.07, 6.45) is -4.70. The molecule has 2 aromatic carbocycles. The number of carbonyl (C=O) groups excluding carboxylic acids is 1. The molecule has 32 heavy (non-hydrogen) atoms. The minimum Gasteiger partial charge on any atom is -0.279 e. The maximum Gasteiger partial charge on any atom is 0.416 e. The Hall–Kier alpha value is -3.67. The number of aromatic nitrogens is 2. The third-order valence-electron chi connectivity index (χ3n) is 4.16. The molecule has 0 spiro atoms. The number of benzene rings is 2. The predicted molar refractivity (Wildman–Crippen MR) is 111 cm³/mol. The number of sulfonamides is 1. The van der Waals surface area contributed by atoms with E-state index in [1.165, 1.54) is 24.3 Å². The van der Waals surface area contributed by atoms with E-state index < -0.39 is 32.6 Å². The first kappa shape index (κ1) is 23.0. The summed E-state index contributed by atoms with van der Waals surface area (Å²) in [4.78, 5) is 20.2. The maximum absolute atomic E-state index is 12.9. The number of para-hydroxylation sites is 1. The highest BCUT2D eigenvalue weighted by Gasteiger charge is 2.31. The van der Waals surface area contributed by atoms with Gasteiger partial charge in [0.2, 0.25) is 5.95 Å². The summed E-state index contributed by atoms with van der Waals surface area (Å²) in [6, 6.07) is 10.7. The number of hydrogen-bond acceptors (Lipinski definition) is 6. The quantitative estimate of drug-likeness (QED) is 0.479. The molecule has 0 saturated carbocycles. The molecule has 0 unspecified atom stereocenters. The number of nitrogens with zero attached hydrogens (tertiary/aromatic N) is 2. The largest absolute Gasteiger partial charge is 0.416 e. The van der Waals surface area contributed by atoms with Gasteiger partial charge in [0.15, 0.2) is 0 Å². The monoisotopic (exact) mass is 465 g/mol. The minimum atomic E-state index is -4.70.